The lowest BCUT2D eigenvalue weighted by molar-refractivity contribution is -0.139. The van der Waals surface area contributed by atoms with Gasteiger partial charge in [-0.25, -0.2) is 4.79 Å². The molecule has 4 rings (SSSR count). The van der Waals surface area contributed by atoms with E-state index < -0.39 is 35.3 Å². The van der Waals surface area contributed by atoms with Crippen LogP contribution in [0.15, 0.2) is 60.7 Å². The summed E-state index contributed by atoms with van der Waals surface area (Å²) in [7, 11) is 0. The van der Waals surface area contributed by atoms with E-state index in [0.717, 1.165) is 11.1 Å². The highest BCUT2D eigenvalue weighted by Crippen LogP contribution is 2.51. The SMILES string of the molecule is O=C1NC(=O)C(CC(c2ccccc2)c2ccccc2)(C2CC2C(=O)O)N1. The van der Waals surface area contributed by atoms with E-state index >= 15 is 0 Å². The lowest BCUT2D eigenvalue weighted by Crippen LogP contribution is -2.51. The average molecular weight is 364 g/mol. The molecule has 1 saturated heterocycles. The molecule has 2 aromatic rings. The Morgan fingerprint density at radius 2 is 1.59 bits per heavy atom. The summed E-state index contributed by atoms with van der Waals surface area (Å²) in [5, 5.41) is 14.5. The predicted octanol–water partition coefficient (Wildman–Crippen LogP) is 2.51. The van der Waals surface area contributed by atoms with E-state index in [2.05, 4.69) is 10.6 Å². The van der Waals surface area contributed by atoms with Crippen LogP contribution < -0.4 is 10.6 Å². The van der Waals surface area contributed by atoms with Crippen molar-refractivity contribution in [3.05, 3.63) is 71.8 Å². The van der Waals surface area contributed by atoms with Gasteiger partial charge < -0.3 is 10.4 Å². The third-order valence-corrected chi connectivity index (χ3v) is 5.64. The fraction of sp³-hybridized carbons (Fsp3) is 0.286. The van der Waals surface area contributed by atoms with Gasteiger partial charge in [0.05, 0.1) is 5.92 Å². The Kier molecular flexibility index (Phi) is 4.18. The minimum absolute atomic E-state index is 0.147. The molecule has 0 radical (unpaired) electrons. The van der Waals surface area contributed by atoms with Crippen molar-refractivity contribution >= 4 is 17.9 Å². The normalized spacial score (nSPS) is 26.6. The molecule has 3 amide bonds. The van der Waals surface area contributed by atoms with Crippen LogP contribution in [0.1, 0.15) is 29.9 Å². The number of imide groups is 1. The quantitative estimate of drug-likeness (QED) is 0.686. The first-order valence-corrected chi connectivity index (χ1v) is 8.97. The number of nitrogens with one attached hydrogen (secondary N) is 2. The van der Waals surface area contributed by atoms with Crippen molar-refractivity contribution < 1.29 is 19.5 Å². The Hall–Kier alpha value is -3.15. The standard InChI is InChI=1S/C21H20N2O4/c24-18(25)15-11-17(15)21(19(26)22-20(27)23-21)12-16(13-7-3-1-4-8-13)14-9-5-2-6-10-14/h1-10,15-17H,11-12H2,(H,24,25)(H2,22,23,26,27). The molecule has 3 N–H and O–H groups in total. The lowest BCUT2D eigenvalue weighted by atomic mass is 9.76. The Labute approximate surface area is 156 Å². The number of carboxylic acids is 1. The zero-order valence-corrected chi connectivity index (χ0v) is 14.6. The van der Waals surface area contributed by atoms with Crippen LogP contribution in [0.2, 0.25) is 0 Å². The minimum atomic E-state index is -1.21. The fourth-order valence-corrected chi connectivity index (χ4v) is 4.19. The van der Waals surface area contributed by atoms with Crippen LogP contribution in [0.25, 0.3) is 0 Å². The van der Waals surface area contributed by atoms with Crippen molar-refractivity contribution in [2.45, 2.75) is 24.3 Å². The van der Waals surface area contributed by atoms with E-state index in [1.54, 1.807) is 0 Å². The summed E-state index contributed by atoms with van der Waals surface area (Å²) in [6, 6.07) is 19.0. The van der Waals surface area contributed by atoms with Crippen LogP contribution in [0.4, 0.5) is 4.79 Å². The van der Waals surface area contributed by atoms with Gasteiger partial charge in [0.15, 0.2) is 0 Å². The van der Waals surface area contributed by atoms with Crippen molar-refractivity contribution in [1.82, 2.24) is 10.6 Å². The van der Waals surface area contributed by atoms with Gasteiger partial charge in [0.2, 0.25) is 0 Å². The second-order valence-corrected chi connectivity index (χ2v) is 7.24. The molecule has 0 spiro atoms. The maximum absolute atomic E-state index is 12.8. The van der Waals surface area contributed by atoms with Crippen LogP contribution in [-0.2, 0) is 9.59 Å². The maximum atomic E-state index is 12.8. The van der Waals surface area contributed by atoms with Gasteiger partial charge in [-0.15, -0.1) is 0 Å². The number of amides is 3. The molecule has 1 heterocycles. The number of benzene rings is 2. The van der Waals surface area contributed by atoms with Gasteiger partial charge in [-0.3, -0.25) is 14.9 Å². The van der Waals surface area contributed by atoms with E-state index in [0.29, 0.717) is 12.8 Å². The Morgan fingerprint density at radius 1 is 1.04 bits per heavy atom. The molecule has 0 aromatic heterocycles. The largest absolute Gasteiger partial charge is 0.481 e. The number of carbonyl (C=O) groups excluding carboxylic acids is 2. The summed E-state index contributed by atoms with van der Waals surface area (Å²) in [6.07, 6.45) is 0.701. The molecule has 6 heteroatoms. The number of carboxylic acid groups (broad SMARTS) is 1. The van der Waals surface area contributed by atoms with E-state index in [-0.39, 0.29) is 5.92 Å². The molecular weight excluding hydrogens is 344 g/mol. The van der Waals surface area contributed by atoms with Crippen LogP contribution in [0.3, 0.4) is 0 Å². The first kappa shape index (κ1) is 17.3. The molecule has 1 aliphatic carbocycles. The third kappa shape index (κ3) is 3.07. The number of hydrogen-bond donors (Lipinski definition) is 3. The molecular formula is C21H20N2O4. The second-order valence-electron chi connectivity index (χ2n) is 7.24. The highest BCUT2D eigenvalue weighted by Gasteiger charge is 2.63. The highest BCUT2D eigenvalue weighted by molar-refractivity contribution is 6.08. The molecule has 2 fully saturated rings. The number of carbonyl (C=O) groups is 3. The van der Waals surface area contributed by atoms with Gasteiger partial charge in [-0.05, 0) is 24.0 Å². The molecule has 2 aromatic carbocycles. The molecule has 27 heavy (non-hydrogen) atoms. The zero-order valence-electron chi connectivity index (χ0n) is 14.6. The molecule has 3 atom stereocenters. The summed E-state index contributed by atoms with van der Waals surface area (Å²) < 4.78 is 0. The van der Waals surface area contributed by atoms with Gasteiger partial charge in [-0.2, -0.15) is 0 Å². The molecule has 2 aliphatic rings. The highest BCUT2D eigenvalue weighted by atomic mass is 16.4. The van der Waals surface area contributed by atoms with Crippen molar-refractivity contribution in [3.63, 3.8) is 0 Å². The van der Waals surface area contributed by atoms with Crippen LogP contribution in [0.5, 0.6) is 0 Å². The van der Waals surface area contributed by atoms with Crippen LogP contribution >= 0.6 is 0 Å². The van der Waals surface area contributed by atoms with Crippen molar-refractivity contribution in [2.24, 2.45) is 11.8 Å². The Bertz CT molecular complexity index is 844. The van der Waals surface area contributed by atoms with E-state index in [9.17, 15) is 19.5 Å². The monoisotopic (exact) mass is 364 g/mol. The second kappa shape index (κ2) is 6.54. The fourth-order valence-electron chi connectivity index (χ4n) is 4.19. The van der Waals surface area contributed by atoms with Crippen molar-refractivity contribution in [1.29, 1.82) is 0 Å². The van der Waals surface area contributed by atoms with Gasteiger partial charge >= 0.3 is 12.0 Å². The van der Waals surface area contributed by atoms with E-state index in [1.807, 2.05) is 60.7 Å². The molecule has 0 bridgehead atoms. The average Bonchev–Trinajstić information content (AvgIpc) is 3.43. The summed E-state index contributed by atoms with van der Waals surface area (Å²) >= 11 is 0. The number of rotatable bonds is 6. The predicted molar refractivity (Wildman–Crippen MR) is 98.0 cm³/mol. The maximum Gasteiger partial charge on any atom is 0.322 e. The minimum Gasteiger partial charge on any atom is -0.481 e. The number of aliphatic carboxylic acids is 1. The Morgan fingerprint density at radius 3 is 2.00 bits per heavy atom. The summed E-state index contributed by atoms with van der Waals surface area (Å²) in [6.45, 7) is 0. The summed E-state index contributed by atoms with van der Waals surface area (Å²) in [5.74, 6) is -2.52. The van der Waals surface area contributed by atoms with Crippen molar-refractivity contribution in [2.75, 3.05) is 0 Å². The molecule has 1 saturated carbocycles. The van der Waals surface area contributed by atoms with Gasteiger partial charge in [0.25, 0.3) is 5.91 Å². The first-order chi connectivity index (χ1) is 13.0. The molecule has 6 nitrogen and oxygen atoms in total. The Balaban J connectivity index is 1.74. The topological polar surface area (TPSA) is 95.5 Å². The number of urea groups is 1. The van der Waals surface area contributed by atoms with Crippen LogP contribution in [-0.4, -0.2) is 28.6 Å². The summed E-state index contributed by atoms with van der Waals surface area (Å²) in [5.41, 5.74) is 0.824. The number of hydrogen-bond acceptors (Lipinski definition) is 3. The van der Waals surface area contributed by atoms with Crippen LogP contribution in [0, 0.1) is 11.8 Å². The van der Waals surface area contributed by atoms with Crippen molar-refractivity contribution in [3.8, 4) is 0 Å². The van der Waals surface area contributed by atoms with Gasteiger partial charge in [0, 0.05) is 11.8 Å². The van der Waals surface area contributed by atoms with E-state index in [4.69, 9.17) is 0 Å². The smallest absolute Gasteiger partial charge is 0.322 e. The first-order valence-electron chi connectivity index (χ1n) is 8.97. The molecule has 138 valence electrons. The zero-order chi connectivity index (χ0) is 19.0. The summed E-state index contributed by atoms with van der Waals surface area (Å²) in [4.78, 5) is 36.1. The third-order valence-electron chi connectivity index (χ3n) is 5.64. The molecule has 3 unspecified atom stereocenters. The van der Waals surface area contributed by atoms with E-state index in [1.165, 1.54) is 0 Å². The van der Waals surface area contributed by atoms with Gasteiger partial charge in [0.1, 0.15) is 5.54 Å². The lowest BCUT2D eigenvalue weighted by Gasteiger charge is -2.31. The molecule has 1 aliphatic heterocycles. The van der Waals surface area contributed by atoms with Gasteiger partial charge in [-0.1, -0.05) is 60.7 Å².